The summed E-state index contributed by atoms with van der Waals surface area (Å²) in [6, 6.07) is 9.28. The molecule has 2 aliphatic carbocycles. The van der Waals surface area contributed by atoms with E-state index >= 15 is 13.2 Å². The summed E-state index contributed by atoms with van der Waals surface area (Å²) in [6.07, 6.45) is 3.33. The van der Waals surface area contributed by atoms with Crippen molar-refractivity contribution in [3.63, 3.8) is 0 Å². The van der Waals surface area contributed by atoms with Crippen molar-refractivity contribution in [2.45, 2.75) is 108 Å². The van der Waals surface area contributed by atoms with Crippen LogP contribution < -0.4 is 4.74 Å². The molecule has 0 unspecified atom stereocenters. The van der Waals surface area contributed by atoms with E-state index in [1.54, 1.807) is 6.07 Å². The van der Waals surface area contributed by atoms with Crippen molar-refractivity contribution >= 4 is 0 Å². The number of alkyl halides is 4. The lowest BCUT2D eigenvalue weighted by Gasteiger charge is -2.34. The van der Waals surface area contributed by atoms with Crippen molar-refractivity contribution in [3.8, 4) is 16.9 Å². The molecule has 46 heavy (non-hydrogen) atoms. The first-order chi connectivity index (χ1) is 22.0. The van der Waals surface area contributed by atoms with Gasteiger partial charge >= 0.3 is 6.11 Å². The molecule has 0 aromatic heterocycles. The van der Waals surface area contributed by atoms with Gasteiger partial charge in [0.1, 0.15) is 29.0 Å². The van der Waals surface area contributed by atoms with Crippen LogP contribution in [-0.2, 0) is 0 Å². The maximum absolute atomic E-state index is 15.3. The fraction of sp³-hybridized carbons (Fsp3) is 0.514. The highest BCUT2D eigenvalue weighted by Crippen LogP contribution is 2.45. The van der Waals surface area contributed by atoms with E-state index < -0.39 is 47.2 Å². The van der Waals surface area contributed by atoms with Crippen molar-refractivity contribution < 1.29 is 39.9 Å². The largest absolute Gasteiger partial charge is 0.432 e. The van der Waals surface area contributed by atoms with Crippen molar-refractivity contribution in [2.75, 3.05) is 0 Å². The van der Waals surface area contributed by atoms with Gasteiger partial charge in [0.25, 0.3) is 6.43 Å². The van der Waals surface area contributed by atoms with E-state index in [9.17, 15) is 22.0 Å². The van der Waals surface area contributed by atoms with Crippen LogP contribution in [0.4, 0.5) is 35.1 Å². The molecule has 5 rings (SSSR count). The molecule has 0 aliphatic heterocycles. The second-order valence-electron chi connectivity index (χ2n) is 13.0. The number of benzene rings is 3. The molecule has 2 saturated carbocycles. The highest BCUT2D eigenvalue weighted by Gasteiger charge is 2.44. The standard InChI is InChI=1S/C37H40F8O/c1-2-3-4-5-22-6-8-23(9-7-22)25-12-16-29(31(38)18-25)24-10-13-27(14-11-24)37(44,45)46-28-15-17-30(32(39)21-28)26-19-33(40)35(36(42)43)34(41)20-26/h12,15-24,27,36H,2-11,13-14H2,1H3. The number of halogens is 8. The summed E-state index contributed by atoms with van der Waals surface area (Å²) in [7, 11) is 0. The Morgan fingerprint density at radius 3 is 1.96 bits per heavy atom. The first-order valence-corrected chi connectivity index (χ1v) is 16.4. The van der Waals surface area contributed by atoms with Gasteiger partial charge in [-0.05, 0) is 116 Å². The minimum Gasteiger partial charge on any atom is -0.432 e. The van der Waals surface area contributed by atoms with Gasteiger partial charge in [0.15, 0.2) is 0 Å². The van der Waals surface area contributed by atoms with Crippen molar-refractivity contribution in [2.24, 2.45) is 11.8 Å². The van der Waals surface area contributed by atoms with Crippen LogP contribution in [0, 0.1) is 35.1 Å². The minimum absolute atomic E-state index is 0.0799. The van der Waals surface area contributed by atoms with Crippen molar-refractivity contribution in [1.82, 2.24) is 0 Å². The molecule has 3 aromatic rings. The van der Waals surface area contributed by atoms with Crippen LogP contribution in [0.25, 0.3) is 11.1 Å². The molecule has 9 heteroatoms. The third kappa shape index (κ3) is 7.88. The number of hydrogen-bond acceptors (Lipinski definition) is 1. The van der Waals surface area contributed by atoms with Crippen LogP contribution in [0.5, 0.6) is 5.75 Å². The zero-order valence-electron chi connectivity index (χ0n) is 25.9. The van der Waals surface area contributed by atoms with Crippen molar-refractivity contribution in [3.05, 3.63) is 88.5 Å². The number of unbranched alkanes of at least 4 members (excludes halogenated alkanes) is 2. The number of ether oxygens (including phenoxy) is 1. The Labute approximate surface area is 265 Å². The molecule has 0 radical (unpaired) electrons. The van der Waals surface area contributed by atoms with Gasteiger partial charge in [0, 0.05) is 11.6 Å². The van der Waals surface area contributed by atoms with E-state index in [4.69, 9.17) is 4.74 Å². The predicted molar refractivity (Wildman–Crippen MR) is 162 cm³/mol. The molecule has 0 amide bonds. The smallest absolute Gasteiger partial charge is 0.400 e. The first-order valence-electron chi connectivity index (χ1n) is 16.4. The molecular formula is C37H40F8O. The van der Waals surface area contributed by atoms with Crippen LogP contribution in [0.15, 0.2) is 48.5 Å². The Morgan fingerprint density at radius 2 is 1.37 bits per heavy atom. The van der Waals surface area contributed by atoms with Gasteiger partial charge in [0.2, 0.25) is 0 Å². The van der Waals surface area contributed by atoms with E-state index in [1.165, 1.54) is 38.5 Å². The zero-order valence-corrected chi connectivity index (χ0v) is 25.9. The van der Waals surface area contributed by atoms with E-state index in [-0.39, 0.29) is 35.7 Å². The van der Waals surface area contributed by atoms with E-state index in [2.05, 4.69) is 6.92 Å². The zero-order chi connectivity index (χ0) is 33.0. The normalized spacial score (nSPS) is 22.3. The van der Waals surface area contributed by atoms with Crippen LogP contribution in [0.2, 0.25) is 0 Å². The van der Waals surface area contributed by atoms with Gasteiger partial charge < -0.3 is 4.74 Å². The van der Waals surface area contributed by atoms with E-state index in [0.29, 0.717) is 42.5 Å². The maximum atomic E-state index is 15.3. The Kier molecular flexibility index (Phi) is 11.0. The maximum Gasteiger partial charge on any atom is 0.400 e. The Balaban J connectivity index is 1.16. The Bertz CT molecular complexity index is 1450. The van der Waals surface area contributed by atoms with Crippen LogP contribution in [-0.4, -0.2) is 6.11 Å². The molecule has 3 aromatic carbocycles. The fourth-order valence-electron chi connectivity index (χ4n) is 7.32. The Hall–Kier alpha value is -3.10. The van der Waals surface area contributed by atoms with Crippen molar-refractivity contribution in [1.29, 1.82) is 0 Å². The van der Waals surface area contributed by atoms with Gasteiger partial charge in [-0.3, -0.25) is 0 Å². The predicted octanol–water partition coefficient (Wildman–Crippen LogP) is 12.6. The van der Waals surface area contributed by atoms with Gasteiger partial charge in [-0.2, -0.15) is 8.78 Å². The molecule has 250 valence electrons. The highest BCUT2D eigenvalue weighted by molar-refractivity contribution is 5.65. The van der Waals surface area contributed by atoms with Crippen LogP contribution >= 0.6 is 0 Å². The van der Waals surface area contributed by atoms with E-state index in [1.807, 2.05) is 12.1 Å². The lowest BCUT2D eigenvalue weighted by atomic mass is 9.75. The third-order valence-corrected chi connectivity index (χ3v) is 10.0. The first kappa shape index (κ1) is 34.2. The Morgan fingerprint density at radius 1 is 0.717 bits per heavy atom. The molecule has 0 N–H and O–H groups in total. The van der Waals surface area contributed by atoms with Crippen LogP contribution in [0.1, 0.15) is 119 Å². The topological polar surface area (TPSA) is 9.23 Å². The molecule has 0 heterocycles. The monoisotopic (exact) mass is 652 g/mol. The van der Waals surface area contributed by atoms with Gasteiger partial charge in [0.05, 0.1) is 11.5 Å². The third-order valence-electron chi connectivity index (χ3n) is 10.0. The molecular weight excluding hydrogens is 612 g/mol. The van der Waals surface area contributed by atoms with Gasteiger partial charge in [-0.25, -0.2) is 26.3 Å². The summed E-state index contributed by atoms with van der Waals surface area (Å²) in [5.41, 5.74) is -0.590. The average molecular weight is 653 g/mol. The highest BCUT2D eigenvalue weighted by atomic mass is 19.3. The minimum atomic E-state index is -3.65. The second kappa shape index (κ2) is 14.8. The lowest BCUT2D eigenvalue weighted by molar-refractivity contribution is -0.222. The molecule has 0 atom stereocenters. The summed E-state index contributed by atoms with van der Waals surface area (Å²) in [5.74, 6) is -5.22. The van der Waals surface area contributed by atoms with Gasteiger partial charge in [-0.15, -0.1) is 0 Å². The molecule has 0 saturated heterocycles. The molecule has 1 nitrogen and oxygen atoms in total. The second-order valence-corrected chi connectivity index (χ2v) is 13.0. The molecule has 0 spiro atoms. The fourth-order valence-corrected chi connectivity index (χ4v) is 7.32. The molecule has 2 aliphatic rings. The lowest BCUT2D eigenvalue weighted by Crippen LogP contribution is -2.37. The summed E-state index contributed by atoms with van der Waals surface area (Å²) in [4.78, 5) is 0. The number of hydrogen-bond donors (Lipinski definition) is 0. The van der Waals surface area contributed by atoms with Gasteiger partial charge in [-0.1, -0.05) is 44.7 Å². The SMILES string of the molecule is CCCCCC1CCC(c2ccc(C3CCC(C(F)(F)Oc4ccc(-c5cc(F)c(C(F)F)c(F)c5)c(F)c4)CC3)c(F)c2)CC1. The summed E-state index contributed by atoms with van der Waals surface area (Å²) < 4.78 is 119. The summed E-state index contributed by atoms with van der Waals surface area (Å²) in [5, 5.41) is 0. The summed E-state index contributed by atoms with van der Waals surface area (Å²) in [6.45, 7) is 2.21. The quantitative estimate of drug-likeness (QED) is 0.148. The summed E-state index contributed by atoms with van der Waals surface area (Å²) >= 11 is 0. The number of rotatable bonds is 11. The molecule has 2 fully saturated rings. The van der Waals surface area contributed by atoms with E-state index in [0.717, 1.165) is 36.5 Å². The van der Waals surface area contributed by atoms with Crippen LogP contribution in [0.3, 0.4) is 0 Å². The molecule has 0 bridgehead atoms. The average Bonchev–Trinajstić information content (AvgIpc) is 3.01.